The van der Waals surface area contributed by atoms with Gasteiger partial charge in [0.25, 0.3) is 0 Å². The fourth-order valence-corrected chi connectivity index (χ4v) is 2.31. The molecule has 0 aliphatic rings. The van der Waals surface area contributed by atoms with Crippen LogP contribution in [0.3, 0.4) is 0 Å². The molecule has 0 aliphatic carbocycles. The van der Waals surface area contributed by atoms with Gasteiger partial charge in [0.15, 0.2) is 0 Å². The van der Waals surface area contributed by atoms with Gasteiger partial charge >= 0.3 is 0 Å². The van der Waals surface area contributed by atoms with E-state index in [0.717, 1.165) is 22.6 Å². The minimum atomic E-state index is -0.108. The minimum Gasteiger partial charge on any atom is -0.385 e. The lowest BCUT2D eigenvalue weighted by Gasteiger charge is -2.10. The van der Waals surface area contributed by atoms with Crippen LogP contribution >= 0.6 is 11.6 Å². The molecule has 0 heterocycles. The summed E-state index contributed by atoms with van der Waals surface area (Å²) in [4.78, 5) is 23.0. The molecule has 3 N–H and O–H groups in total. The Kier molecular flexibility index (Phi) is 6.21. The molecule has 0 radical (unpaired) electrons. The maximum absolute atomic E-state index is 12.0. The number of carbonyl (C=O) groups excluding carboxylic acids is 2. The Hall–Kier alpha value is -2.53. The molecule has 0 fully saturated rings. The molecule has 5 nitrogen and oxygen atoms in total. The van der Waals surface area contributed by atoms with Gasteiger partial charge in [-0.1, -0.05) is 17.7 Å². The third kappa shape index (κ3) is 5.59. The lowest BCUT2D eigenvalue weighted by molar-refractivity contribution is -0.116. The molecule has 0 saturated carbocycles. The van der Waals surface area contributed by atoms with Crippen molar-refractivity contribution >= 4 is 40.5 Å². The molecule has 0 bridgehead atoms. The first-order valence-corrected chi connectivity index (χ1v) is 7.99. The van der Waals surface area contributed by atoms with Crippen LogP contribution in [-0.4, -0.2) is 18.4 Å². The van der Waals surface area contributed by atoms with E-state index in [9.17, 15) is 9.59 Å². The van der Waals surface area contributed by atoms with Gasteiger partial charge < -0.3 is 16.0 Å². The molecule has 0 aromatic heterocycles. The van der Waals surface area contributed by atoms with Gasteiger partial charge in [0.1, 0.15) is 0 Å². The van der Waals surface area contributed by atoms with Gasteiger partial charge in [0, 0.05) is 42.0 Å². The predicted molar refractivity (Wildman–Crippen MR) is 98.7 cm³/mol. The first-order chi connectivity index (χ1) is 11.4. The highest BCUT2D eigenvalue weighted by molar-refractivity contribution is 6.31. The molecular weight excluding hydrogens is 326 g/mol. The van der Waals surface area contributed by atoms with Crippen LogP contribution in [0.15, 0.2) is 42.5 Å². The summed E-state index contributed by atoms with van der Waals surface area (Å²) in [6.07, 6.45) is 0.333. The molecule has 2 amide bonds. The number of nitrogens with one attached hydrogen (secondary N) is 3. The van der Waals surface area contributed by atoms with E-state index in [1.165, 1.54) is 6.92 Å². The zero-order valence-electron chi connectivity index (χ0n) is 13.7. The van der Waals surface area contributed by atoms with Crippen molar-refractivity contribution in [2.75, 3.05) is 22.5 Å². The van der Waals surface area contributed by atoms with E-state index >= 15 is 0 Å². The molecule has 0 atom stereocenters. The third-order valence-electron chi connectivity index (χ3n) is 3.36. The Morgan fingerprint density at radius 2 is 1.67 bits per heavy atom. The van der Waals surface area contributed by atoms with Crippen LogP contribution in [0.1, 0.15) is 18.9 Å². The van der Waals surface area contributed by atoms with Crippen LogP contribution in [0.4, 0.5) is 17.1 Å². The number of benzene rings is 2. The van der Waals surface area contributed by atoms with Crippen molar-refractivity contribution in [3.05, 3.63) is 53.1 Å². The van der Waals surface area contributed by atoms with Gasteiger partial charge in [-0.15, -0.1) is 0 Å². The molecule has 0 spiro atoms. The van der Waals surface area contributed by atoms with E-state index in [2.05, 4.69) is 16.0 Å². The van der Waals surface area contributed by atoms with Crippen molar-refractivity contribution in [3.8, 4) is 0 Å². The fourth-order valence-electron chi connectivity index (χ4n) is 2.14. The van der Waals surface area contributed by atoms with Crippen molar-refractivity contribution in [1.82, 2.24) is 0 Å². The van der Waals surface area contributed by atoms with Crippen LogP contribution in [0, 0.1) is 6.92 Å². The summed E-state index contributed by atoms with van der Waals surface area (Å²) < 4.78 is 0. The van der Waals surface area contributed by atoms with Gasteiger partial charge in [-0.25, -0.2) is 0 Å². The molecule has 6 heteroatoms. The van der Waals surface area contributed by atoms with E-state index in [4.69, 9.17) is 11.6 Å². The summed E-state index contributed by atoms with van der Waals surface area (Å²) in [6, 6.07) is 12.7. The topological polar surface area (TPSA) is 70.2 Å². The van der Waals surface area contributed by atoms with E-state index in [0.29, 0.717) is 18.0 Å². The standard InChI is InChI=1S/C18H20ClN3O2/c1-12-3-4-14(19)11-17(12)22-18(24)9-10-20-15-5-7-16(8-6-15)21-13(2)23/h3-8,11,20H,9-10H2,1-2H3,(H,21,23)(H,22,24). The lowest BCUT2D eigenvalue weighted by Crippen LogP contribution is -2.16. The minimum absolute atomic E-state index is 0.0808. The maximum Gasteiger partial charge on any atom is 0.226 e. The largest absolute Gasteiger partial charge is 0.385 e. The Morgan fingerprint density at radius 3 is 2.33 bits per heavy atom. The molecule has 2 aromatic carbocycles. The van der Waals surface area contributed by atoms with Gasteiger partial charge in [-0.3, -0.25) is 9.59 Å². The first kappa shape index (κ1) is 17.8. The Labute approximate surface area is 146 Å². The Bertz CT molecular complexity index is 730. The molecule has 24 heavy (non-hydrogen) atoms. The van der Waals surface area contributed by atoms with Crippen LogP contribution in [0.5, 0.6) is 0 Å². The van der Waals surface area contributed by atoms with Crippen LogP contribution in [-0.2, 0) is 9.59 Å². The molecule has 126 valence electrons. The number of rotatable bonds is 6. The molecule has 0 saturated heterocycles. The fraction of sp³-hybridized carbons (Fsp3) is 0.222. The van der Waals surface area contributed by atoms with Crippen LogP contribution in [0.25, 0.3) is 0 Å². The smallest absolute Gasteiger partial charge is 0.226 e. The molecule has 0 unspecified atom stereocenters. The number of halogens is 1. The van der Waals surface area contributed by atoms with Crippen molar-refractivity contribution in [1.29, 1.82) is 0 Å². The highest BCUT2D eigenvalue weighted by atomic mass is 35.5. The van der Waals surface area contributed by atoms with Crippen molar-refractivity contribution in [3.63, 3.8) is 0 Å². The number of carbonyl (C=O) groups is 2. The average Bonchev–Trinajstić information content (AvgIpc) is 2.52. The second-order valence-corrected chi connectivity index (χ2v) is 5.88. The third-order valence-corrected chi connectivity index (χ3v) is 3.60. The zero-order chi connectivity index (χ0) is 17.5. The van der Waals surface area contributed by atoms with Crippen molar-refractivity contribution in [2.24, 2.45) is 0 Å². The molecular formula is C18H20ClN3O2. The monoisotopic (exact) mass is 345 g/mol. The summed E-state index contributed by atoms with van der Waals surface area (Å²) in [7, 11) is 0. The Balaban J connectivity index is 1.80. The van der Waals surface area contributed by atoms with E-state index in [1.54, 1.807) is 24.3 Å². The number of anilines is 3. The van der Waals surface area contributed by atoms with E-state index in [1.807, 2.05) is 25.1 Å². The van der Waals surface area contributed by atoms with Crippen LogP contribution < -0.4 is 16.0 Å². The predicted octanol–water partition coefficient (Wildman–Crippen LogP) is 4.05. The summed E-state index contributed by atoms with van der Waals surface area (Å²) in [5, 5.41) is 9.32. The van der Waals surface area contributed by atoms with Crippen molar-refractivity contribution in [2.45, 2.75) is 20.3 Å². The highest BCUT2D eigenvalue weighted by Gasteiger charge is 2.05. The maximum atomic E-state index is 12.0. The summed E-state index contributed by atoms with van der Waals surface area (Å²) >= 11 is 5.94. The van der Waals surface area contributed by atoms with Gasteiger partial charge in [-0.05, 0) is 48.9 Å². The molecule has 2 aromatic rings. The number of hydrogen-bond acceptors (Lipinski definition) is 3. The van der Waals surface area contributed by atoms with Gasteiger partial charge in [-0.2, -0.15) is 0 Å². The number of aryl methyl sites for hydroxylation is 1. The summed E-state index contributed by atoms with van der Waals surface area (Å²) in [5.74, 6) is -0.188. The number of hydrogen-bond donors (Lipinski definition) is 3. The second-order valence-electron chi connectivity index (χ2n) is 5.44. The van der Waals surface area contributed by atoms with Gasteiger partial charge in [0.05, 0.1) is 0 Å². The van der Waals surface area contributed by atoms with Gasteiger partial charge in [0.2, 0.25) is 11.8 Å². The zero-order valence-corrected chi connectivity index (χ0v) is 14.4. The second kappa shape index (κ2) is 8.36. The summed E-state index contributed by atoms with van der Waals surface area (Å²) in [5.41, 5.74) is 3.32. The van der Waals surface area contributed by atoms with E-state index in [-0.39, 0.29) is 11.8 Å². The lowest BCUT2D eigenvalue weighted by atomic mass is 10.2. The first-order valence-electron chi connectivity index (χ1n) is 7.61. The SMILES string of the molecule is CC(=O)Nc1ccc(NCCC(=O)Nc2cc(Cl)ccc2C)cc1. The number of amides is 2. The normalized spacial score (nSPS) is 10.1. The van der Waals surface area contributed by atoms with Crippen LogP contribution in [0.2, 0.25) is 5.02 Å². The Morgan fingerprint density at radius 1 is 1.00 bits per heavy atom. The van der Waals surface area contributed by atoms with Crippen molar-refractivity contribution < 1.29 is 9.59 Å². The average molecular weight is 346 g/mol. The molecule has 0 aliphatic heterocycles. The summed E-state index contributed by atoms with van der Waals surface area (Å²) in [6.45, 7) is 3.89. The quantitative estimate of drug-likeness (QED) is 0.739. The van der Waals surface area contributed by atoms with E-state index < -0.39 is 0 Å². The highest BCUT2D eigenvalue weighted by Crippen LogP contribution is 2.20. The molecule has 2 rings (SSSR count).